The number of aromatic carboxylic acids is 1. The summed E-state index contributed by atoms with van der Waals surface area (Å²) < 4.78 is 0. The Morgan fingerprint density at radius 1 is 1.20 bits per heavy atom. The first kappa shape index (κ1) is 13.6. The third kappa shape index (κ3) is 2.47. The Kier molecular flexibility index (Phi) is 3.72. The van der Waals surface area contributed by atoms with Crippen LogP contribution in [0.15, 0.2) is 42.5 Å². The molecule has 0 atom stereocenters. The van der Waals surface area contributed by atoms with Gasteiger partial charge in [0, 0.05) is 12.7 Å². The maximum absolute atomic E-state index is 11.0. The summed E-state index contributed by atoms with van der Waals surface area (Å²) >= 11 is 0. The van der Waals surface area contributed by atoms with Gasteiger partial charge in [0.2, 0.25) is 0 Å². The van der Waals surface area contributed by atoms with Crippen LogP contribution in [0.1, 0.15) is 21.5 Å². The molecule has 2 aromatic rings. The van der Waals surface area contributed by atoms with E-state index in [1.54, 1.807) is 6.07 Å². The number of nitrogens with zero attached hydrogens (tertiary/aromatic N) is 2. The Labute approximate surface area is 117 Å². The fraction of sp³-hybridized carbons (Fsp3) is 0.125. The van der Waals surface area contributed by atoms with Gasteiger partial charge in [-0.3, -0.25) is 0 Å². The average molecular weight is 266 g/mol. The minimum absolute atomic E-state index is 0.114. The summed E-state index contributed by atoms with van der Waals surface area (Å²) in [6, 6.07) is 14.4. The Balaban J connectivity index is 2.51. The minimum atomic E-state index is -1.04. The molecule has 0 aliphatic rings. The molecule has 100 valence electrons. The van der Waals surface area contributed by atoms with Crippen molar-refractivity contribution in [2.24, 2.45) is 0 Å². The third-order valence-corrected chi connectivity index (χ3v) is 3.20. The Morgan fingerprint density at radius 3 is 2.50 bits per heavy atom. The van der Waals surface area contributed by atoms with E-state index in [0.717, 1.165) is 11.3 Å². The molecule has 0 spiro atoms. The van der Waals surface area contributed by atoms with Gasteiger partial charge in [-0.25, -0.2) is 4.79 Å². The largest absolute Gasteiger partial charge is 0.478 e. The van der Waals surface area contributed by atoms with E-state index in [2.05, 4.69) is 6.07 Å². The van der Waals surface area contributed by atoms with E-state index in [9.17, 15) is 10.1 Å². The summed E-state index contributed by atoms with van der Waals surface area (Å²) in [5, 5.41) is 18.2. The van der Waals surface area contributed by atoms with Crippen molar-refractivity contribution in [1.29, 1.82) is 5.26 Å². The first-order valence-corrected chi connectivity index (χ1v) is 6.11. The second kappa shape index (κ2) is 5.45. The van der Waals surface area contributed by atoms with E-state index in [1.807, 2.05) is 43.1 Å². The predicted octanol–water partition coefficient (Wildman–Crippen LogP) is 3.33. The number of aryl methyl sites for hydroxylation is 1. The molecule has 0 fully saturated rings. The number of nitriles is 1. The van der Waals surface area contributed by atoms with Crippen LogP contribution in [0.4, 0.5) is 11.4 Å². The molecule has 0 aliphatic carbocycles. The molecule has 0 amide bonds. The van der Waals surface area contributed by atoms with Crippen LogP contribution in [0.5, 0.6) is 0 Å². The van der Waals surface area contributed by atoms with Crippen molar-refractivity contribution in [3.63, 3.8) is 0 Å². The number of benzene rings is 2. The van der Waals surface area contributed by atoms with E-state index in [-0.39, 0.29) is 5.56 Å². The lowest BCUT2D eigenvalue weighted by molar-refractivity contribution is 0.0697. The van der Waals surface area contributed by atoms with E-state index < -0.39 is 5.97 Å². The molecule has 0 saturated heterocycles. The van der Waals surface area contributed by atoms with E-state index >= 15 is 0 Å². The normalized spacial score (nSPS) is 9.85. The zero-order valence-corrected chi connectivity index (χ0v) is 11.3. The van der Waals surface area contributed by atoms with Gasteiger partial charge in [-0.05, 0) is 36.8 Å². The van der Waals surface area contributed by atoms with E-state index in [1.165, 1.54) is 12.1 Å². The topological polar surface area (TPSA) is 64.3 Å². The van der Waals surface area contributed by atoms with Crippen molar-refractivity contribution in [3.8, 4) is 6.07 Å². The Morgan fingerprint density at radius 2 is 1.90 bits per heavy atom. The minimum Gasteiger partial charge on any atom is -0.478 e. The molecule has 0 saturated carbocycles. The van der Waals surface area contributed by atoms with Crippen molar-refractivity contribution >= 4 is 17.3 Å². The molecular weight excluding hydrogens is 252 g/mol. The number of carboxylic acids is 1. The van der Waals surface area contributed by atoms with Crippen LogP contribution in [0.2, 0.25) is 0 Å². The van der Waals surface area contributed by atoms with Crippen LogP contribution in [0, 0.1) is 18.3 Å². The maximum Gasteiger partial charge on any atom is 0.335 e. The van der Waals surface area contributed by atoms with Crippen LogP contribution in [-0.4, -0.2) is 18.1 Å². The van der Waals surface area contributed by atoms with Crippen molar-refractivity contribution in [3.05, 3.63) is 59.2 Å². The Hall–Kier alpha value is -2.80. The van der Waals surface area contributed by atoms with Gasteiger partial charge in [0.05, 0.1) is 16.8 Å². The van der Waals surface area contributed by atoms with Gasteiger partial charge in [0.15, 0.2) is 0 Å². The molecule has 0 aromatic heterocycles. The molecule has 0 heterocycles. The molecule has 0 bridgehead atoms. The second-order valence-corrected chi connectivity index (χ2v) is 4.49. The van der Waals surface area contributed by atoms with Crippen LogP contribution < -0.4 is 4.90 Å². The van der Waals surface area contributed by atoms with Crippen LogP contribution >= 0.6 is 0 Å². The molecule has 0 radical (unpaired) electrons. The molecular formula is C16H14N2O2. The van der Waals surface area contributed by atoms with Crippen LogP contribution in [0.3, 0.4) is 0 Å². The number of para-hydroxylation sites is 1. The smallest absolute Gasteiger partial charge is 0.335 e. The van der Waals surface area contributed by atoms with Crippen LogP contribution in [0.25, 0.3) is 0 Å². The monoisotopic (exact) mass is 266 g/mol. The Bertz CT molecular complexity index is 702. The van der Waals surface area contributed by atoms with Gasteiger partial charge in [-0.15, -0.1) is 0 Å². The summed E-state index contributed by atoms with van der Waals surface area (Å²) in [5.74, 6) is -1.04. The quantitative estimate of drug-likeness (QED) is 0.925. The summed E-state index contributed by atoms with van der Waals surface area (Å²) in [7, 11) is 1.86. The van der Waals surface area contributed by atoms with Gasteiger partial charge >= 0.3 is 5.97 Å². The molecule has 2 rings (SSSR count). The number of hydrogen-bond donors (Lipinski definition) is 1. The molecule has 4 nitrogen and oxygen atoms in total. The van der Waals surface area contributed by atoms with Crippen LogP contribution in [-0.2, 0) is 0 Å². The first-order valence-electron chi connectivity index (χ1n) is 6.11. The lowest BCUT2D eigenvalue weighted by atomic mass is 10.1. The molecule has 20 heavy (non-hydrogen) atoms. The highest BCUT2D eigenvalue weighted by atomic mass is 16.4. The average Bonchev–Trinajstić information content (AvgIpc) is 2.46. The summed E-state index contributed by atoms with van der Waals surface area (Å²) in [6.07, 6.45) is 0. The SMILES string of the molecule is Cc1ccccc1N(C)c1ccc(C(=O)O)cc1C#N. The maximum atomic E-state index is 11.0. The number of carboxylic acid groups (broad SMARTS) is 1. The molecule has 4 heteroatoms. The van der Waals surface area contributed by atoms with Crippen molar-refractivity contribution in [1.82, 2.24) is 0 Å². The molecule has 1 N–H and O–H groups in total. The van der Waals surface area contributed by atoms with Gasteiger partial charge < -0.3 is 10.0 Å². The third-order valence-electron chi connectivity index (χ3n) is 3.20. The number of anilines is 2. The highest BCUT2D eigenvalue weighted by Gasteiger charge is 2.13. The van der Waals surface area contributed by atoms with E-state index in [0.29, 0.717) is 11.3 Å². The molecule has 0 aliphatic heterocycles. The highest BCUT2D eigenvalue weighted by Crippen LogP contribution is 2.29. The summed E-state index contributed by atoms with van der Waals surface area (Å²) in [5.41, 5.74) is 3.21. The standard InChI is InChI=1S/C16H14N2O2/c1-11-5-3-4-6-14(11)18(2)15-8-7-12(16(19)20)9-13(15)10-17/h3-9H,1-2H3,(H,19,20). The fourth-order valence-corrected chi connectivity index (χ4v) is 2.12. The van der Waals surface area contributed by atoms with Gasteiger partial charge in [-0.2, -0.15) is 5.26 Å². The summed E-state index contributed by atoms with van der Waals surface area (Å²) in [6.45, 7) is 1.99. The highest BCUT2D eigenvalue weighted by molar-refractivity contribution is 5.89. The zero-order chi connectivity index (χ0) is 14.7. The van der Waals surface area contributed by atoms with Gasteiger partial charge in [-0.1, -0.05) is 18.2 Å². The fourth-order valence-electron chi connectivity index (χ4n) is 2.12. The molecule has 0 unspecified atom stereocenters. The lowest BCUT2D eigenvalue weighted by Crippen LogP contribution is -2.13. The van der Waals surface area contributed by atoms with Gasteiger partial charge in [0.1, 0.15) is 6.07 Å². The number of carbonyl (C=O) groups is 1. The number of rotatable bonds is 3. The van der Waals surface area contributed by atoms with Crippen molar-refractivity contribution < 1.29 is 9.90 Å². The molecule has 2 aromatic carbocycles. The van der Waals surface area contributed by atoms with E-state index in [4.69, 9.17) is 5.11 Å². The van der Waals surface area contributed by atoms with Gasteiger partial charge in [0.25, 0.3) is 0 Å². The second-order valence-electron chi connectivity index (χ2n) is 4.49. The van der Waals surface area contributed by atoms with Crippen molar-refractivity contribution in [2.45, 2.75) is 6.92 Å². The zero-order valence-electron chi connectivity index (χ0n) is 11.3. The lowest BCUT2D eigenvalue weighted by Gasteiger charge is -2.22. The predicted molar refractivity (Wildman–Crippen MR) is 77.4 cm³/mol. The summed E-state index contributed by atoms with van der Waals surface area (Å²) in [4.78, 5) is 12.8. The first-order chi connectivity index (χ1) is 9.54. The number of hydrogen-bond acceptors (Lipinski definition) is 3. The van der Waals surface area contributed by atoms with Crippen molar-refractivity contribution in [2.75, 3.05) is 11.9 Å².